The number of amides is 1. The van der Waals surface area contributed by atoms with Crippen LogP contribution in [0, 0.1) is 0 Å². The highest BCUT2D eigenvalue weighted by atomic mass is 35.5. The van der Waals surface area contributed by atoms with E-state index >= 15 is 0 Å². The Hall–Kier alpha value is -3.39. The molecule has 9 heteroatoms. The number of nitrogens with zero attached hydrogens (tertiary/aromatic N) is 3. The van der Waals surface area contributed by atoms with Gasteiger partial charge >= 0.3 is 11.9 Å². The number of carbonyl (C=O) groups excluding carboxylic acids is 1. The van der Waals surface area contributed by atoms with Crippen molar-refractivity contribution in [2.45, 2.75) is 44.9 Å². The maximum atomic E-state index is 12.9. The van der Waals surface area contributed by atoms with Gasteiger partial charge < -0.3 is 10.2 Å². The Morgan fingerprint density at radius 2 is 1.97 bits per heavy atom. The molecule has 0 saturated heterocycles. The van der Waals surface area contributed by atoms with E-state index in [9.17, 15) is 19.8 Å². The maximum Gasteiger partial charge on any atom is 0.335 e. The summed E-state index contributed by atoms with van der Waals surface area (Å²) in [6.45, 7) is 1.63. The number of halogens is 1. The van der Waals surface area contributed by atoms with Gasteiger partial charge in [0, 0.05) is 10.6 Å². The Morgan fingerprint density at radius 3 is 2.69 bits per heavy atom. The molecular weight excluding hydrogens is 432 g/mol. The minimum atomic E-state index is -1.10. The topological polar surface area (TPSA) is 115 Å². The second-order valence-electron chi connectivity index (χ2n) is 7.96. The Balaban J connectivity index is 1.58. The van der Waals surface area contributed by atoms with Crippen LogP contribution in [0.5, 0.6) is 5.75 Å². The second-order valence-corrected chi connectivity index (χ2v) is 8.39. The summed E-state index contributed by atoms with van der Waals surface area (Å²) < 4.78 is 0. The SMILES string of the molecule is CC1=NN(c2cccc(C(=O)O)c2)C(=O)/C1=N\Nc1cc(Cl)cc(C2CCCCC2)c1O. The molecule has 2 aromatic carbocycles. The number of benzene rings is 2. The number of aromatic carboxylic acids is 1. The van der Waals surface area contributed by atoms with E-state index in [4.69, 9.17) is 11.6 Å². The van der Waals surface area contributed by atoms with E-state index in [-0.39, 0.29) is 22.9 Å². The van der Waals surface area contributed by atoms with Gasteiger partial charge in [-0.3, -0.25) is 10.2 Å². The molecule has 0 atom stereocenters. The van der Waals surface area contributed by atoms with Crippen LogP contribution in [0.25, 0.3) is 0 Å². The van der Waals surface area contributed by atoms with Crippen LogP contribution in [0.3, 0.4) is 0 Å². The van der Waals surface area contributed by atoms with Gasteiger partial charge in [-0.1, -0.05) is 36.9 Å². The molecule has 1 saturated carbocycles. The summed E-state index contributed by atoms with van der Waals surface area (Å²) in [5.74, 6) is -1.28. The number of carbonyl (C=O) groups is 2. The number of anilines is 2. The third-order valence-electron chi connectivity index (χ3n) is 5.76. The molecule has 0 unspecified atom stereocenters. The average molecular weight is 455 g/mol. The summed E-state index contributed by atoms with van der Waals surface area (Å²) in [7, 11) is 0. The third-order valence-corrected chi connectivity index (χ3v) is 5.98. The lowest BCUT2D eigenvalue weighted by molar-refractivity contribution is -0.112. The van der Waals surface area contributed by atoms with Crippen LogP contribution in [0.2, 0.25) is 5.02 Å². The van der Waals surface area contributed by atoms with E-state index in [0.717, 1.165) is 36.3 Å². The largest absolute Gasteiger partial charge is 0.505 e. The highest BCUT2D eigenvalue weighted by Gasteiger charge is 2.31. The first-order chi connectivity index (χ1) is 15.3. The molecule has 8 nitrogen and oxygen atoms in total. The first-order valence-electron chi connectivity index (χ1n) is 10.4. The Kier molecular flexibility index (Phi) is 6.14. The van der Waals surface area contributed by atoms with E-state index < -0.39 is 11.9 Å². The fourth-order valence-corrected chi connectivity index (χ4v) is 4.35. The highest BCUT2D eigenvalue weighted by molar-refractivity contribution is 6.71. The summed E-state index contributed by atoms with van der Waals surface area (Å²) in [5, 5.41) is 30.0. The van der Waals surface area contributed by atoms with Crippen LogP contribution in [0.15, 0.2) is 46.6 Å². The molecule has 2 aliphatic rings. The fraction of sp³-hybridized carbons (Fsp3) is 0.304. The quantitative estimate of drug-likeness (QED) is 0.435. The lowest BCUT2D eigenvalue weighted by atomic mass is 9.83. The van der Waals surface area contributed by atoms with Crippen molar-refractivity contribution in [1.29, 1.82) is 0 Å². The van der Waals surface area contributed by atoms with E-state index in [1.807, 2.05) is 0 Å². The maximum absolute atomic E-state index is 12.9. The molecule has 0 spiro atoms. The Labute approximate surface area is 190 Å². The Bertz CT molecular complexity index is 1140. The van der Waals surface area contributed by atoms with E-state index in [1.54, 1.807) is 31.2 Å². The predicted octanol–water partition coefficient (Wildman–Crippen LogP) is 4.98. The van der Waals surface area contributed by atoms with Crippen molar-refractivity contribution in [2.75, 3.05) is 10.4 Å². The molecule has 1 amide bonds. The number of hydrogen-bond donors (Lipinski definition) is 3. The predicted molar refractivity (Wildman–Crippen MR) is 124 cm³/mol. The molecule has 32 heavy (non-hydrogen) atoms. The van der Waals surface area contributed by atoms with Gasteiger partial charge in [-0.25, -0.2) is 4.79 Å². The summed E-state index contributed by atoms with van der Waals surface area (Å²) in [6.07, 6.45) is 5.42. The number of phenolic OH excluding ortho intramolecular Hbond substituents is 1. The van der Waals surface area contributed by atoms with Crippen LogP contribution in [-0.4, -0.2) is 33.5 Å². The summed E-state index contributed by atoms with van der Waals surface area (Å²) in [6, 6.07) is 9.29. The normalized spacial score (nSPS) is 18.2. The molecule has 0 aromatic heterocycles. The van der Waals surface area contributed by atoms with Gasteiger partial charge in [0.1, 0.15) is 5.75 Å². The van der Waals surface area contributed by atoms with Crippen molar-refractivity contribution in [3.8, 4) is 5.75 Å². The van der Waals surface area contributed by atoms with E-state index in [2.05, 4.69) is 15.6 Å². The smallest absolute Gasteiger partial charge is 0.335 e. The van der Waals surface area contributed by atoms with Gasteiger partial charge in [-0.15, -0.1) is 0 Å². The lowest BCUT2D eigenvalue weighted by Gasteiger charge is -2.23. The van der Waals surface area contributed by atoms with Gasteiger partial charge in [-0.2, -0.15) is 15.2 Å². The number of nitrogens with one attached hydrogen (secondary N) is 1. The van der Waals surface area contributed by atoms with Gasteiger partial charge in [0.25, 0.3) is 0 Å². The molecule has 1 aliphatic heterocycles. The standard InChI is InChI=1S/C23H23ClN4O4/c1-13-20(22(30)28(27-13)17-9-5-8-15(10-17)23(31)32)26-25-19-12-16(24)11-18(21(19)29)14-6-3-2-4-7-14/h5,8-12,14,25,29H,2-4,6-7H2,1H3,(H,31,32)/b26-20-. The zero-order chi connectivity index (χ0) is 22.8. The van der Waals surface area contributed by atoms with Crippen LogP contribution in [0.1, 0.15) is 60.9 Å². The minimum Gasteiger partial charge on any atom is -0.505 e. The Morgan fingerprint density at radius 1 is 1.22 bits per heavy atom. The lowest BCUT2D eigenvalue weighted by Crippen LogP contribution is -2.28. The molecule has 0 radical (unpaired) electrons. The number of phenols is 1. The number of carboxylic acid groups (broad SMARTS) is 1. The summed E-state index contributed by atoms with van der Waals surface area (Å²) in [5.41, 5.74) is 4.66. The zero-order valence-corrected chi connectivity index (χ0v) is 18.3. The third kappa shape index (κ3) is 4.31. The molecule has 166 valence electrons. The first-order valence-corrected chi connectivity index (χ1v) is 10.8. The number of hydrazone groups is 2. The van der Waals surface area contributed by atoms with Crippen LogP contribution in [-0.2, 0) is 4.79 Å². The van der Waals surface area contributed by atoms with Crippen LogP contribution < -0.4 is 10.4 Å². The van der Waals surface area contributed by atoms with E-state index in [1.165, 1.54) is 18.6 Å². The van der Waals surface area contributed by atoms with Crippen molar-refractivity contribution in [1.82, 2.24) is 0 Å². The fourth-order valence-electron chi connectivity index (χ4n) is 4.12. The molecular formula is C23H23ClN4O4. The average Bonchev–Trinajstić information content (AvgIpc) is 3.08. The van der Waals surface area contributed by atoms with Gasteiger partial charge in [0.15, 0.2) is 5.71 Å². The molecule has 2 aromatic rings. The van der Waals surface area contributed by atoms with Crippen molar-refractivity contribution in [3.63, 3.8) is 0 Å². The van der Waals surface area contributed by atoms with Crippen molar-refractivity contribution in [3.05, 3.63) is 52.5 Å². The molecule has 1 fully saturated rings. The van der Waals surface area contributed by atoms with Gasteiger partial charge in [-0.05, 0) is 56.0 Å². The van der Waals surface area contributed by atoms with Crippen molar-refractivity contribution in [2.24, 2.45) is 10.2 Å². The molecule has 0 bridgehead atoms. The van der Waals surface area contributed by atoms with Crippen LogP contribution in [0.4, 0.5) is 11.4 Å². The van der Waals surface area contributed by atoms with Crippen LogP contribution >= 0.6 is 11.6 Å². The molecule has 3 N–H and O–H groups in total. The molecule has 4 rings (SSSR count). The van der Waals surface area contributed by atoms with Gasteiger partial charge in [0.05, 0.1) is 22.6 Å². The number of hydrogen-bond acceptors (Lipinski definition) is 6. The van der Waals surface area contributed by atoms with Crippen molar-refractivity contribution >= 4 is 46.3 Å². The summed E-state index contributed by atoms with van der Waals surface area (Å²) in [4.78, 5) is 24.1. The number of carboxylic acids is 1. The van der Waals surface area contributed by atoms with E-state index in [0.29, 0.717) is 22.1 Å². The molecule has 1 heterocycles. The van der Waals surface area contributed by atoms with Gasteiger partial charge in [0.2, 0.25) is 0 Å². The number of rotatable bonds is 5. The molecule has 1 aliphatic carbocycles. The minimum absolute atomic E-state index is 0.0470. The summed E-state index contributed by atoms with van der Waals surface area (Å²) >= 11 is 6.29. The highest BCUT2D eigenvalue weighted by Crippen LogP contribution is 2.42. The monoisotopic (exact) mass is 454 g/mol. The van der Waals surface area contributed by atoms with Crippen molar-refractivity contribution < 1.29 is 19.8 Å². The zero-order valence-electron chi connectivity index (χ0n) is 17.5. The first kappa shape index (κ1) is 21.8. The second kappa shape index (κ2) is 9.00. The number of aromatic hydroxyl groups is 1.